The van der Waals surface area contributed by atoms with Crippen LogP contribution in [-0.2, 0) is 14.8 Å². The highest BCUT2D eigenvalue weighted by Crippen LogP contribution is 2.17. The van der Waals surface area contributed by atoms with Crippen molar-refractivity contribution in [2.24, 2.45) is 0 Å². The zero-order chi connectivity index (χ0) is 13.1. The summed E-state index contributed by atoms with van der Waals surface area (Å²) in [6.07, 6.45) is 0.220. The molecule has 0 radical (unpaired) electrons. The Morgan fingerprint density at radius 3 is 2.29 bits per heavy atom. The molecule has 0 saturated carbocycles. The van der Waals surface area contributed by atoms with Crippen LogP contribution in [0, 0.1) is 0 Å². The summed E-state index contributed by atoms with van der Waals surface area (Å²) in [5.74, 6) is -1.14. The van der Waals surface area contributed by atoms with Crippen molar-refractivity contribution < 1.29 is 18.3 Å². The van der Waals surface area contributed by atoms with E-state index < -0.39 is 22.0 Å². The van der Waals surface area contributed by atoms with Gasteiger partial charge in [-0.15, -0.1) is 0 Å². The van der Waals surface area contributed by atoms with Gasteiger partial charge in [-0.3, -0.25) is 4.79 Å². The van der Waals surface area contributed by atoms with Gasteiger partial charge in [0.15, 0.2) is 0 Å². The molecule has 1 N–H and O–H groups in total. The summed E-state index contributed by atoms with van der Waals surface area (Å²) in [4.78, 5) is 11.0. The Bertz CT molecular complexity index is 483. The van der Waals surface area contributed by atoms with Gasteiger partial charge in [0.25, 0.3) is 0 Å². The van der Waals surface area contributed by atoms with Crippen LogP contribution < -0.4 is 0 Å². The van der Waals surface area contributed by atoms with Gasteiger partial charge < -0.3 is 5.11 Å². The molecule has 0 aliphatic rings. The van der Waals surface area contributed by atoms with E-state index in [-0.39, 0.29) is 11.3 Å². The highest BCUT2D eigenvalue weighted by atomic mass is 32.2. The first kappa shape index (κ1) is 13.7. The number of carbonyl (C=O) groups is 1. The van der Waals surface area contributed by atoms with E-state index in [0.29, 0.717) is 0 Å². The second kappa shape index (κ2) is 5.29. The van der Waals surface area contributed by atoms with Crippen LogP contribution in [-0.4, -0.2) is 36.9 Å². The Kier molecular flexibility index (Phi) is 4.25. The first-order valence-electron chi connectivity index (χ1n) is 5.17. The summed E-state index contributed by atoms with van der Waals surface area (Å²) in [7, 11) is -2.46. The minimum atomic E-state index is -3.74. The van der Waals surface area contributed by atoms with Crippen LogP contribution in [0.5, 0.6) is 0 Å². The van der Waals surface area contributed by atoms with Gasteiger partial charge >= 0.3 is 5.97 Å². The summed E-state index contributed by atoms with van der Waals surface area (Å²) < 4.78 is 25.1. The van der Waals surface area contributed by atoms with Crippen molar-refractivity contribution in [1.29, 1.82) is 0 Å². The summed E-state index contributed by atoms with van der Waals surface area (Å²) in [6, 6.07) is 6.75. The number of nitrogens with zero attached hydrogens (tertiary/aromatic N) is 1. The molecule has 0 saturated heterocycles. The van der Waals surface area contributed by atoms with Gasteiger partial charge in [0.1, 0.15) is 6.04 Å². The first-order valence-corrected chi connectivity index (χ1v) is 6.61. The van der Waals surface area contributed by atoms with Crippen molar-refractivity contribution in [3.63, 3.8) is 0 Å². The van der Waals surface area contributed by atoms with Crippen LogP contribution in [0.4, 0.5) is 0 Å². The molecule has 0 amide bonds. The number of rotatable bonds is 5. The maximum Gasteiger partial charge on any atom is 0.321 e. The quantitative estimate of drug-likeness (QED) is 0.859. The normalized spacial score (nSPS) is 13.6. The summed E-state index contributed by atoms with van der Waals surface area (Å²) in [5.41, 5.74) is 0. The standard InChI is InChI=1S/C11H15NO4S/c1-3-10(11(13)14)12(2)17(15,16)9-7-5-4-6-8-9/h4-8,10H,3H2,1-2H3,(H,13,14). The van der Waals surface area contributed by atoms with Gasteiger partial charge in [0, 0.05) is 7.05 Å². The van der Waals surface area contributed by atoms with E-state index in [1.807, 2.05) is 0 Å². The third-order valence-corrected chi connectivity index (χ3v) is 4.41. The van der Waals surface area contributed by atoms with Crippen molar-refractivity contribution in [3.8, 4) is 0 Å². The van der Waals surface area contributed by atoms with Gasteiger partial charge in [0.2, 0.25) is 10.0 Å². The molecule has 0 bridgehead atoms. The van der Waals surface area contributed by atoms with Gasteiger partial charge in [-0.1, -0.05) is 25.1 Å². The Balaban J connectivity index is 3.11. The summed E-state index contributed by atoms with van der Waals surface area (Å²) in [6.45, 7) is 1.63. The number of likely N-dealkylation sites (N-methyl/N-ethyl adjacent to an activating group) is 1. The maximum absolute atomic E-state index is 12.1. The maximum atomic E-state index is 12.1. The van der Waals surface area contributed by atoms with Crippen LogP contribution >= 0.6 is 0 Å². The fourth-order valence-corrected chi connectivity index (χ4v) is 2.92. The van der Waals surface area contributed by atoms with Gasteiger partial charge in [0.05, 0.1) is 4.90 Å². The Morgan fingerprint density at radius 2 is 1.88 bits per heavy atom. The molecule has 5 nitrogen and oxygen atoms in total. The van der Waals surface area contributed by atoms with E-state index in [1.54, 1.807) is 25.1 Å². The molecule has 0 aliphatic carbocycles. The van der Waals surface area contributed by atoms with Crippen LogP contribution in [0.25, 0.3) is 0 Å². The number of hydrogen-bond donors (Lipinski definition) is 1. The number of aliphatic carboxylic acids is 1. The van der Waals surface area contributed by atoms with E-state index in [2.05, 4.69) is 0 Å². The van der Waals surface area contributed by atoms with E-state index in [4.69, 9.17) is 5.11 Å². The second-order valence-electron chi connectivity index (χ2n) is 3.60. The first-order chi connectivity index (χ1) is 7.91. The highest BCUT2D eigenvalue weighted by molar-refractivity contribution is 7.89. The predicted octanol–water partition coefficient (Wildman–Crippen LogP) is 1.17. The minimum Gasteiger partial charge on any atom is -0.480 e. The monoisotopic (exact) mass is 257 g/mol. The van der Waals surface area contributed by atoms with Crippen molar-refractivity contribution in [1.82, 2.24) is 4.31 Å². The van der Waals surface area contributed by atoms with Crippen LogP contribution in [0.1, 0.15) is 13.3 Å². The Labute approximate surface area is 101 Å². The van der Waals surface area contributed by atoms with Crippen LogP contribution in [0.15, 0.2) is 35.2 Å². The highest BCUT2D eigenvalue weighted by Gasteiger charge is 2.31. The molecular weight excluding hydrogens is 242 g/mol. The van der Waals surface area contributed by atoms with Gasteiger partial charge in [-0.05, 0) is 18.6 Å². The molecular formula is C11H15NO4S. The van der Waals surface area contributed by atoms with E-state index in [9.17, 15) is 13.2 Å². The SMILES string of the molecule is CCC(C(=O)O)N(C)S(=O)(=O)c1ccccc1. The molecule has 1 unspecified atom stereocenters. The Hall–Kier alpha value is -1.40. The number of sulfonamides is 1. The van der Waals surface area contributed by atoms with Gasteiger partial charge in [-0.2, -0.15) is 4.31 Å². The summed E-state index contributed by atoms with van der Waals surface area (Å²) >= 11 is 0. The molecule has 17 heavy (non-hydrogen) atoms. The fraction of sp³-hybridized carbons (Fsp3) is 0.364. The van der Waals surface area contributed by atoms with Crippen molar-refractivity contribution in [2.45, 2.75) is 24.3 Å². The molecule has 0 fully saturated rings. The molecule has 0 aromatic heterocycles. The smallest absolute Gasteiger partial charge is 0.321 e. The van der Waals surface area contributed by atoms with E-state index in [0.717, 1.165) is 4.31 Å². The largest absolute Gasteiger partial charge is 0.480 e. The number of carboxylic acid groups (broad SMARTS) is 1. The number of benzene rings is 1. The lowest BCUT2D eigenvalue weighted by Gasteiger charge is -2.23. The molecule has 94 valence electrons. The third kappa shape index (κ3) is 2.83. The van der Waals surface area contributed by atoms with Gasteiger partial charge in [-0.25, -0.2) is 8.42 Å². The molecule has 6 heteroatoms. The average Bonchev–Trinajstić information content (AvgIpc) is 2.30. The second-order valence-corrected chi connectivity index (χ2v) is 5.59. The minimum absolute atomic E-state index is 0.0993. The molecule has 1 rings (SSSR count). The zero-order valence-corrected chi connectivity index (χ0v) is 10.5. The van der Waals surface area contributed by atoms with Crippen molar-refractivity contribution in [3.05, 3.63) is 30.3 Å². The lowest BCUT2D eigenvalue weighted by atomic mass is 10.2. The number of hydrogen-bond acceptors (Lipinski definition) is 3. The van der Waals surface area contributed by atoms with Crippen molar-refractivity contribution in [2.75, 3.05) is 7.05 Å². The van der Waals surface area contributed by atoms with E-state index in [1.165, 1.54) is 19.2 Å². The molecule has 1 aromatic carbocycles. The zero-order valence-electron chi connectivity index (χ0n) is 9.70. The molecule has 1 atom stereocenters. The fourth-order valence-electron chi connectivity index (χ4n) is 1.51. The van der Waals surface area contributed by atoms with Crippen LogP contribution in [0.3, 0.4) is 0 Å². The Morgan fingerprint density at radius 1 is 1.35 bits per heavy atom. The topological polar surface area (TPSA) is 74.7 Å². The van der Waals surface area contributed by atoms with Crippen molar-refractivity contribution >= 4 is 16.0 Å². The molecule has 0 spiro atoms. The number of carboxylic acids is 1. The average molecular weight is 257 g/mol. The third-order valence-electron chi connectivity index (χ3n) is 2.53. The molecule has 1 aromatic rings. The lowest BCUT2D eigenvalue weighted by Crippen LogP contribution is -2.41. The predicted molar refractivity (Wildman–Crippen MR) is 63.1 cm³/mol. The van der Waals surface area contributed by atoms with Crippen LogP contribution in [0.2, 0.25) is 0 Å². The lowest BCUT2D eigenvalue weighted by molar-refractivity contribution is -0.141. The summed E-state index contributed by atoms with van der Waals surface area (Å²) in [5, 5.41) is 8.95. The molecule has 0 aliphatic heterocycles. The van der Waals surface area contributed by atoms with E-state index >= 15 is 0 Å². The molecule has 0 heterocycles.